The van der Waals surface area contributed by atoms with Gasteiger partial charge in [0.1, 0.15) is 5.75 Å². The minimum atomic E-state index is -1.02. The van der Waals surface area contributed by atoms with E-state index in [0.29, 0.717) is 23.9 Å². The van der Waals surface area contributed by atoms with E-state index in [0.717, 1.165) is 24.0 Å². The fourth-order valence-corrected chi connectivity index (χ4v) is 3.63. The highest BCUT2D eigenvalue weighted by atomic mass is 32.1. The molecule has 0 radical (unpaired) electrons. The van der Waals surface area contributed by atoms with Gasteiger partial charge in [0.05, 0.1) is 6.54 Å². The van der Waals surface area contributed by atoms with Crippen molar-refractivity contribution in [2.45, 2.75) is 39.3 Å². The molecule has 0 atom stereocenters. The van der Waals surface area contributed by atoms with Crippen LogP contribution in [-0.4, -0.2) is 34.5 Å². The van der Waals surface area contributed by atoms with E-state index in [2.05, 4.69) is 0 Å². The highest BCUT2D eigenvalue weighted by molar-refractivity contribution is 7.09. The predicted octanol–water partition coefficient (Wildman–Crippen LogP) is 3.63. The number of carbonyl (C=O) groups excluding carboxylic acids is 1. The SMILES string of the molecule is Cc1cc(C(=O)N(Cc2cccs2)C2CC2)cc(C)c1OCC(=O)O. The highest BCUT2D eigenvalue weighted by Crippen LogP contribution is 2.32. The lowest BCUT2D eigenvalue weighted by Crippen LogP contribution is -2.32. The Balaban J connectivity index is 1.81. The van der Waals surface area contributed by atoms with Gasteiger partial charge in [-0.15, -0.1) is 11.3 Å². The number of benzene rings is 1. The summed E-state index contributed by atoms with van der Waals surface area (Å²) in [5, 5.41) is 10.8. The number of aryl methyl sites for hydroxylation is 2. The molecule has 5 nitrogen and oxygen atoms in total. The topological polar surface area (TPSA) is 66.8 Å². The number of thiophene rings is 1. The molecule has 0 aliphatic heterocycles. The van der Waals surface area contributed by atoms with Gasteiger partial charge >= 0.3 is 5.97 Å². The van der Waals surface area contributed by atoms with Gasteiger partial charge < -0.3 is 14.7 Å². The molecule has 132 valence electrons. The molecule has 1 aliphatic rings. The average molecular weight is 359 g/mol. The van der Waals surface area contributed by atoms with E-state index in [-0.39, 0.29) is 12.5 Å². The first-order valence-electron chi connectivity index (χ1n) is 8.25. The summed E-state index contributed by atoms with van der Waals surface area (Å²) in [6.07, 6.45) is 2.10. The lowest BCUT2D eigenvalue weighted by atomic mass is 10.0. The maximum absolute atomic E-state index is 13.0. The summed E-state index contributed by atoms with van der Waals surface area (Å²) in [5.41, 5.74) is 2.18. The first-order chi connectivity index (χ1) is 12.0. The van der Waals surface area contributed by atoms with E-state index in [1.807, 2.05) is 36.3 Å². The second-order valence-electron chi connectivity index (χ2n) is 6.37. The van der Waals surface area contributed by atoms with E-state index < -0.39 is 5.97 Å². The predicted molar refractivity (Wildman–Crippen MR) is 96.3 cm³/mol. The molecule has 25 heavy (non-hydrogen) atoms. The molecule has 1 aromatic carbocycles. The normalized spacial score (nSPS) is 13.5. The summed E-state index contributed by atoms with van der Waals surface area (Å²) in [7, 11) is 0. The van der Waals surface area contributed by atoms with Crippen LogP contribution >= 0.6 is 11.3 Å². The second-order valence-corrected chi connectivity index (χ2v) is 7.40. The molecule has 1 heterocycles. The Bertz CT molecular complexity index is 758. The number of nitrogens with zero attached hydrogens (tertiary/aromatic N) is 1. The van der Waals surface area contributed by atoms with Crippen LogP contribution in [0, 0.1) is 13.8 Å². The summed E-state index contributed by atoms with van der Waals surface area (Å²) < 4.78 is 5.35. The summed E-state index contributed by atoms with van der Waals surface area (Å²) >= 11 is 1.66. The van der Waals surface area contributed by atoms with Crippen LogP contribution in [0.2, 0.25) is 0 Å². The molecular formula is C19H21NO4S. The van der Waals surface area contributed by atoms with Crippen molar-refractivity contribution in [2.24, 2.45) is 0 Å². The third-order valence-electron chi connectivity index (χ3n) is 4.20. The van der Waals surface area contributed by atoms with Crippen molar-refractivity contribution < 1.29 is 19.4 Å². The van der Waals surface area contributed by atoms with Crippen molar-refractivity contribution in [3.8, 4) is 5.75 Å². The standard InChI is InChI=1S/C19H21NO4S/c1-12-8-14(9-13(2)18(12)24-11-17(21)22)19(23)20(15-5-6-15)10-16-4-3-7-25-16/h3-4,7-9,15H,5-6,10-11H2,1-2H3,(H,21,22). The van der Waals surface area contributed by atoms with Gasteiger partial charge in [0.25, 0.3) is 5.91 Å². The van der Waals surface area contributed by atoms with Crippen LogP contribution in [0.15, 0.2) is 29.6 Å². The van der Waals surface area contributed by atoms with Crippen molar-refractivity contribution in [1.82, 2.24) is 4.90 Å². The van der Waals surface area contributed by atoms with Gasteiger partial charge in [-0.2, -0.15) is 0 Å². The van der Waals surface area contributed by atoms with Gasteiger partial charge in [0.15, 0.2) is 6.61 Å². The Hall–Kier alpha value is -2.34. The van der Waals surface area contributed by atoms with Gasteiger partial charge in [0, 0.05) is 16.5 Å². The largest absolute Gasteiger partial charge is 0.481 e. The van der Waals surface area contributed by atoms with Crippen molar-refractivity contribution >= 4 is 23.2 Å². The van der Waals surface area contributed by atoms with E-state index in [1.54, 1.807) is 23.5 Å². The van der Waals surface area contributed by atoms with Gasteiger partial charge in [0.2, 0.25) is 0 Å². The molecule has 1 N–H and O–H groups in total. The number of amides is 1. The number of carboxylic acids is 1. The van der Waals surface area contributed by atoms with Crippen molar-refractivity contribution in [2.75, 3.05) is 6.61 Å². The number of rotatable bonds is 7. The van der Waals surface area contributed by atoms with Crippen LogP contribution in [0.1, 0.15) is 39.2 Å². The lowest BCUT2D eigenvalue weighted by Gasteiger charge is -2.23. The molecule has 0 spiro atoms. The third-order valence-corrected chi connectivity index (χ3v) is 5.06. The Morgan fingerprint density at radius 2 is 1.96 bits per heavy atom. The minimum Gasteiger partial charge on any atom is -0.481 e. The minimum absolute atomic E-state index is 0.0203. The molecule has 1 fully saturated rings. The first kappa shape index (κ1) is 17.5. The molecule has 1 aromatic heterocycles. The average Bonchev–Trinajstić information content (AvgIpc) is 3.27. The van der Waals surface area contributed by atoms with Crippen LogP contribution < -0.4 is 4.74 Å². The van der Waals surface area contributed by atoms with E-state index >= 15 is 0 Å². The molecule has 3 rings (SSSR count). The van der Waals surface area contributed by atoms with Gasteiger partial charge in [-0.05, 0) is 61.4 Å². The van der Waals surface area contributed by atoms with E-state index in [4.69, 9.17) is 9.84 Å². The lowest BCUT2D eigenvalue weighted by molar-refractivity contribution is -0.139. The Morgan fingerprint density at radius 3 is 2.48 bits per heavy atom. The van der Waals surface area contributed by atoms with Crippen LogP contribution in [0.3, 0.4) is 0 Å². The van der Waals surface area contributed by atoms with Crippen molar-refractivity contribution in [3.05, 3.63) is 51.2 Å². The number of carboxylic acid groups (broad SMARTS) is 1. The zero-order valence-corrected chi connectivity index (χ0v) is 15.1. The van der Waals surface area contributed by atoms with Crippen LogP contribution in [0.4, 0.5) is 0 Å². The zero-order chi connectivity index (χ0) is 18.0. The Kier molecular flexibility index (Phi) is 5.08. The molecular weight excluding hydrogens is 338 g/mol. The van der Waals surface area contributed by atoms with Crippen LogP contribution in [0.25, 0.3) is 0 Å². The molecule has 1 aliphatic carbocycles. The molecule has 2 aromatic rings. The zero-order valence-electron chi connectivity index (χ0n) is 14.3. The van der Waals surface area contributed by atoms with Gasteiger partial charge in [-0.3, -0.25) is 4.79 Å². The summed E-state index contributed by atoms with van der Waals surface area (Å²) in [6.45, 7) is 3.92. The number of hydrogen-bond donors (Lipinski definition) is 1. The number of ether oxygens (including phenoxy) is 1. The van der Waals surface area contributed by atoms with Crippen molar-refractivity contribution in [3.63, 3.8) is 0 Å². The number of hydrogen-bond acceptors (Lipinski definition) is 4. The Morgan fingerprint density at radius 1 is 1.28 bits per heavy atom. The molecule has 6 heteroatoms. The molecule has 0 bridgehead atoms. The quantitative estimate of drug-likeness (QED) is 0.820. The summed E-state index contributed by atoms with van der Waals surface area (Å²) in [4.78, 5) is 26.9. The first-order valence-corrected chi connectivity index (χ1v) is 9.13. The fraction of sp³-hybridized carbons (Fsp3) is 0.368. The smallest absolute Gasteiger partial charge is 0.341 e. The fourth-order valence-electron chi connectivity index (χ4n) is 2.92. The molecule has 0 saturated heterocycles. The Labute approximate surface area is 150 Å². The number of aliphatic carboxylic acids is 1. The monoisotopic (exact) mass is 359 g/mol. The highest BCUT2D eigenvalue weighted by Gasteiger charge is 2.33. The third kappa shape index (κ3) is 4.20. The van der Waals surface area contributed by atoms with Crippen LogP contribution in [-0.2, 0) is 11.3 Å². The van der Waals surface area contributed by atoms with Gasteiger partial charge in [-0.1, -0.05) is 6.07 Å². The van der Waals surface area contributed by atoms with Gasteiger partial charge in [-0.25, -0.2) is 4.79 Å². The van der Waals surface area contributed by atoms with Crippen molar-refractivity contribution in [1.29, 1.82) is 0 Å². The molecule has 1 amide bonds. The molecule has 1 saturated carbocycles. The summed E-state index contributed by atoms with van der Waals surface area (Å²) in [5.74, 6) is -0.461. The maximum atomic E-state index is 13.0. The number of carbonyl (C=O) groups is 2. The molecule has 0 unspecified atom stereocenters. The maximum Gasteiger partial charge on any atom is 0.341 e. The van der Waals surface area contributed by atoms with E-state index in [9.17, 15) is 9.59 Å². The van der Waals surface area contributed by atoms with E-state index in [1.165, 1.54) is 4.88 Å². The second kappa shape index (κ2) is 7.27. The van der Waals surface area contributed by atoms with Crippen LogP contribution in [0.5, 0.6) is 5.75 Å². The summed E-state index contributed by atoms with van der Waals surface area (Å²) in [6, 6.07) is 7.94.